The van der Waals surface area contributed by atoms with Crippen LogP contribution in [0.4, 0.5) is 0 Å². The van der Waals surface area contributed by atoms with Gasteiger partial charge in [-0.05, 0) is 45.7 Å². The highest BCUT2D eigenvalue weighted by atomic mass is 32.2. The Kier molecular flexibility index (Phi) is 6.84. The minimum Gasteiger partial charge on any atom is -0.491 e. The van der Waals surface area contributed by atoms with Crippen LogP contribution in [0.25, 0.3) is 0 Å². The standard InChI is InChI=1S/C18H28N2O4S/c1-4-25(22,23)20-11-5-6-16(12-20)18(21)19-15(3)13-24-17-9-7-14(2)8-10-17/h7-10,15-16H,4-6,11-13H2,1-3H3,(H,19,21). The minimum absolute atomic E-state index is 0.0716. The fourth-order valence-corrected chi connectivity index (χ4v) is 4.03. The van der Waals surface area contributed by atoms with E-state index in [2.05, 4.69) is 5.32 Å². The predicted octanol–water partition coefficient (Wildman–Crippen LogP) is 1.94. The summed E-state index contributed by atoms with van der Waals surface area (Å²) in [5.74, 6) is 0.444. The fourth-order valence-electron chi connectivity index (χ4n) is 2.85. The van der Waals surface area contributed by atoms with E-state index in [0.29, 0.717) is 26.0 Å². The van der Waals surface area contributed by atoms with Crippen LogP contribution >= 0.6 is 0 Å². The zero-order chi connectivity index (χ0) is 18.4. The molecule has 6 nitrogen and oxygen atoms in total. The summed E-state index contributed by atoms with van der Waals surface area (Å²) >= 11 is 0. The molecule has 2 unspecified atom stereocenters. The second kappa shape index (κ2) is 8.67. The van der Waals surface area contributed by atoms with Crippen LogP contribution in [0.1, 0.15) is 32.3 Å². The molecule has 140 valence electrons. The van der Waals surface area contributed by atoms with E-state index in [1.807, 2.05) is 38.1 Å². The number of carbonyl (C=O) groups is 1. The summed E-state index contributed by atoms with van der Waals surface area (Å²) in [5.41, 5.74) is 1.16. The van der Waals surface area contributed by atoms with Crippen molar-refractivity contribution in [2.75, 3.05) is 25.4 Å². The molecule has 0 aliphatic carbocycles. The molecule has 2 atom stereocenters. The van der Waals surface area contributed by atoms with Crippen molar-refractivity contribution in [1.29, 1.82) is 0 Å². The molecule has 0 radical (unpaired) electrons. The molecule has 1 N–H and O–H groups in total. The van der Waals surface area contributed by atoms with Gasteiger partial charge in [0.25, 0.3) is 0 Å². The number of piperidine rings is 1. The van der Waals surface area contributed by atoms with Crippen LogP contribution in [0.5, 0.6) is 5.75 Å². The number of amides is 1. The van der Waals surface area contributed by atoms with Crippen molar-refractivity contribution >= 4 is 15.9 Å². The normalized spacial score (nSPS) is 20.0. The number of carbonyl (C=O) groups excluding carboxylic acids is 1. The number of nitrogens with zero attached hydrogens (tertiary/aromatic N) is 1. The molecular formula is C18H28N2O4S. The van der Waals surface area contributed by atoms with Crippen molar-refractivity contribution in [3.63, 3.8) is 0 Å². The number of hydrogen-bond donors (Lipinski definition) is 1. The second-order valence-electron chi connectivity index (χ2n) is 6.63. The fraction of sp³-hybridized carbons (Fsp3) is 0.611. The number of rotatable bonds is 7. The van der Waals surface area contributed by atoms with Gasteiger partial charge in [0.2, 0.25) is 15.9 Å². The van der Waals surface area contributed by atoms with Gasteiger partial charge in [0.05, 0.1) is 17.7 Å². The van der Waals surface area contributed by atoms with Crippen molar-refractivity contribution < 1.29 is 17.9 Å². The first-order valence-electron chi connectivity index (χ1n) is 8.79. The molecule has 0 aromatic heterocycles. The number of nitrogens with one attached hydrogen (secondary N) is 1. The molecule has 1 saturated heterocycles. The van der Waals surface area contributed by atoms with Crippen LogP contribution in [-0.2, 0) is 14.8 Å². The lowest BCUT2D eigenvalue weighted by molar-refractivity contribution is -0.126. The predicted molar refractivity (Wildman–Crippen MR) is 98.0 cm³/mol. The van der Waals surface area contributed by atoms with Crippen molar-refractivity contribution in [2.45, 2.75) is 39.7 Å². The van der Waals surface area contributed by atoms with Crippen LogP contribution in [-0.4, -0.2) is 50.1 Å². The Morgan fingerprint density at radius 3 is 2.68 bits per heavy atom. The maximum absolute atomic E-state index is 12.4. The molecular weight excluding hydrogens is 340 g/mol. The second-order valence-corrected chi connectivity index (χ2v) is 8.89. The Labute approximate surface area is 150 Å². The number of benzene rings is 1. The van der Waals surface area contributed by atoms with E-state index in [1.54, 1.807) is 6.92 Å². The number of sulfonamides is 1. The van der Waals surface area contributed by atoms with Gasteiger partial charge in [-0.15, -0.1) is 0 Å². The summed E-state index contributed by atoms with van der Waals surface area (Å²) in [6.07, 6.45) is 1.43. The molecule has 1 amide bonds. The van der Waals surface area contributed by atoms with E-state index in [9.17, 15) is 13.2 Å². The Morgan fingerprint density at radius 2 is 2.04 bits per heavy atom. The lowest BCUT2D eigenvalue weighted by Crippen LogP contribution is -2.48. The third-order valence-corrected chi connectivity index (χ3v) is 6.27. The molecule has 0 saturated carbocycles. The van der Waals surface area contributed by atoms with Crippen LogP contribution in [0.15, 0.2) is 24.3 Å². The van der Waals surface area contributed by atoms with Gasteiger partial charge in [0, 0.05) is 13.1 Å². The Balaban J connectivity index is 1.82. The van der Waals surface area contributed by atoms with Crippen LogP contribution < -0.4 is 10.1 Å². The monoisotopic (exact) mass is 368 g/mol. The van der Waals surface area contributed by atoms with E-state index in [1.165, 1.54) is 4.31 Å². The summed E-state index contributed by atoms with van der Waals surface area (Å²) < 4.78 is 31.1. The highest BCUT2D eigenvalue weighted by Gasteiger charge is 2.31. The maximum Gasteiger partial charge on any atom is 0.224 e. The van der Waals surface area contributed by atoms with Crippen LogP contribution in [0.2, 0.25) is 0 Å². The molecule has 1 aliphatic heterocycles. The van der Waals surface area contributed by atoms with Gasteiger partial charge < -0.3 is 10.1 Å². The summed E-state index contributed by atoms with van der Waals surface area (Å²) in [6, 6.07) is 7.61. The molecule has 25 heavy (non-hydrogen) atoms. The van der Waals surface area contributed by atoms with E-state index in [4.69, 9.17) is 4.74 Å². The van der Waals surface area contributed by atoms with Crippen molar-refractivity contribution in [1.82, 2.24) is 9.62 Å². The first-order valence-corrected chi connectivity index (χ1v) is 10.4. The topological polar surface area (TPSA) is 75.7 Å². The average Bonchev–Trinajstić information content (AvgIpc) is 2.61. The third-order valence-electron chi connectivity index (χ3n) is 4.42. The highest BCUT2D eigenvalue weighted by Crippen LogP contribution is 2.20. The molecule has 1 aromatic carbocycles. The van der Waals surface area contributed by atoms with Gasteiger partial charge in [0.15, 0.2) is 0 Å². The summed E-state index contributed by atoms with van der Waals surface area (Å²) in [4.78, 5) is 12.4. The molecule has 7 heteroatoms. The van der Waals surface area contributed by atoms with Gasteiger partial charge in [-0.1, -0.05) is 17.7 Å². The summed E-state index contributed by atoms with van der Waals surface area (Å²) in [7, 11) is -3.24. The Hall–Kier alpha value is -1.60. The van der Waals surface area contributed by atoms with E-state index < -0.39 is 10.0 Å². The van der Waals surface area contributed by atoms with E-state index in [0.717, 1.165) is 11.3 Å². The molecule has 0 spiro atoms. The highest BCUT2D eigenvalue weighted by molar-refractivity contribution is 7.89. The van der Waals surface area contributed by atoms with Gasteiger partial charge in [0.1, 0.15) is 12.4 Å². The van der Waals surface area contributed by atoms with Crippen LogP contribution in [0, 0.1) is 12.8 Å². The van der Waals surface area contributed by atoms with Gasteiger partial charge >= 0.3 is 0 Å². The quantitative estimate of drug-likeness (QED) is 0.798. The Bertz CT molecular complexity index is 673. The largest absolute Gasteiger partial charge is 0.491 e. The molecule has 1 fully saturated rings. The zero-order valence-corrected chi connectivity index (χ0v) is 16.0. The van der Waals surface area contributed by atoms with Gasteiger partial charge in [-0.2, -0.15) is 0 Å². The van der Waals surface area contributed by atoms with Crippen molar-refractivity contribution in [3.05, 3.63) is 29.8 Å². The first-order chi connectivity index (χ1) is 11.8. The molecule has 0 bridgehead atoms. The Morgan fingerprint density at radius 1 is 1.36 bits per heavy atom. The lowest BCUT2D eigenvalue weighted by Gasteiger charge is -2.31. The number of aryl methyl sites for hydroxylation is 1. The molecule has 1 heterocycles. The maximum atomic E-state index is 12.4. The van der Waals surface area contributed by atoms with Crippen LogP contribution in [0.3, 0.4) is 0 Å². The van der Waals surface area contributed by atoms with Crippen molar-refractivity contribution in [2.24, 2.45) is 5.92 Å². The molecule has 2 rings (SSSR count). The van der Waals surface area contributed by atoms with E-state index >= 15 is 0 Å². The van der Waals surface area contributed by atoms with Gasteiger partial charge in [-0.3, -0.25) is 4.79 Å². The first kappa shape index (κ1) is 19.7. The zero-order valence-electron chi connectivity index (χ0n) is 15.2. The lowest BCUT2D eigenvalue weighted by atomic mass is 9.98. The van der Waals surface area contributed by atoms with E-state index in [-0.39, 0.29) is 30.2 Å². The van der Waals surface area contributed by atoms with Crippen molar-refractivity contribution in [3.8, 4) is 5.75 Å². The molecule has 1 aromatic rings. The summed E-state index contributed by atoms with van der Waals surface area (Å²) in [6.45, 7) is 6.68. The summed E-state index contributed by atoms with van der Waals surface area (Å²) in [5, 5.41) is 2.94. The SMILES string of the molecule is CCS(=O)(=O)N1CCCC(C(=O)NC(C)COc2ccc(C)cc2)C1. The number of ether oxygens (including phenoxy) is 1. The average molecular weight is 368 g/mol. The van der Waals surface area contributed by atoms with Gasteiger partial charge in [-0.25, -0.2) is 12.7 Å². The number of hydrogen-bond acceptors (Lipinski definition) is 4. The smallest absolute Gasteiger partial charge is 0.224 e. The third kappa shape index (κ3) is 5.71. The molecule has 1 aliphatic rings. The minimum atomic E-state index is -3.24.